The van der Waals surface area contributed by atoms with Gasteiger partial charge in [0.2, 0.25) is 0 Å². The van der Waals surface area contributed by atoms with Gasteiger partial charge in [0, 0.05) is 32.9 Å². The first-order valence-corrected chi connectivity index (χ1v) is 9.48. The van der Waals surface area contributed by atoms with Crippen molar-refractivity contribution in [2.45, 2.75) is 56.5 Å². The van der Waals surface area contributed by atoms with Crippen molar-refractivity contribution in [1.29, 1.82) is 0 Å². The molecule has 0 unspecified atom stereocenters. The van der Waals surface area contributed by atoms with Crippen LogP contribution in [-0.4, -0.2) is 53.8 Å². The molecule has 0 N–H and O–H groups in total. The molecule has 1 atom stereocenters. The molecule has 2 rings (SSSR count). The van der Waals surface area contributed by atoms with Gasteiger partial charge in [0.1, 0.15) is 0 Å². The number of methoxy groups -OCH3 is 1. The van der Waals surface area contributed by atoms with Crippen molar-refractivity contribution in [1.82, 2.24) is 4.57 Å². The lowest BCUT2D eigenvalue weighted by molar-refractivity contribution is 0.0937. The quantitative estimate of drug-likeness (QED) is 0.703. The summed E-state index contributed by atoms with van der Waals surface area (Å²) in [6, 6.07) is 0.485. The molecule has 0 bridgehead atoms. The van der Waals surface area contributed by atoms with Gasteiger partial charge in [0.05, 0.1) is 6.61 Å². The maximum absolute atomic E-state index is 6.07. The summed E-state index contributed by atoms with van der Waals surface area (Å²) in [7, 11) is 3.24. The Morgan fingerprint density at radius 1 is 0.947 bits per heavy atom. The van der Waals surface area contributed by atoms with Crippen LogP contribution in [0.15, 0.2) is 0 Å². The van der Waals surface area contributed by atoms with E-state index >= 15 is 0 Å². The summed E-state index contributed by atoms with van der Waals surface area (Å²) >= 11 is 0. The summed E-state index contributed by atoms with van der Waals surface area (Å²) < 4.78 is 20.1. The van der Waals surface area contributed by atoms with Gasteiger partial charge < -0.3 is 13.6 Å². The Hall–Kier alpha value is 0.0569. The molecule has 1 heterocycles. The highest BCUT2D eigenvalue weighted by molar-refractivity contribution is 6.66. The van der Waals surface area contributed by atoms with Crippen molar-refractivity contribution in [3.8, 4) is 0 Å². The smallest absolute Gasteiger partial charge is 0.386 e. The first-order chi connectivity index (χ1) is 9.28. The molecule has 0 spiro atoms. The van der Waals surface area contributed by atoms with Crippen LogP contribution in [0.1, 0.15) is 44.9 Å². The summed E-state index contributed by atoms with van der Waals surface area (Å²) in [5.74, 6) is 0. The van der Waals surface area contributed by atoms with Crippen LogP contribution in [0, 0.1) is 0 Å². The predicted octanol–water partition coefficient (Wildman–Crippen LogP) is 2.66. The third kappa shape index (κ3) is 3.05. The minimum absolute atomic E-state index is 0.485. The average molecular weight is 287 g/mol. The van der Waals surface area contributed by atoms with Gasteiger partial charge in [-0.05, 0) is 32.2 Å². The minimum Gasteiger partial charge on any atom is -0.386 e. The number of ether oxygens (including phenoxy) is 1. The summed E-state index contributed by atoms with van der Waals surface area (Å²) in [6.45, 7) is 1.91. The summed E-state index contributed by atoms with van der Waals surface area (Å²) in [4.78, 5) is 0. The molecular weight excluding hydrogens is 258 g/mol. The standard InChI is InChI=1S/C14H29NO3Si/c1-16-12-13-8-7-11-15(13)19(17-2,18-3)14-9-5-4-6-10-14/h13-14H,4-12H2,1-3H3/t13-/m0/s1. The van der Waals surface area contributed by atoms with Crippen molar-refractivity contribution >= 4 is 8.72 Å². The van der Waals surface area contributed by atoms with Crippen LogP contribution in [0.3, 0.4) is 0 Å². The molecule has 5 heteroatoms. The lowest BCUT2D eigenvalue weighted by Crippen LogP contribution is -2.63. The number of nitrogens with zero attached hydrogens (tertiary/aromatic N) is 1. The van der Waals surface area contributed by atoms with Gasteiger partial charge in [-0.1, -0.05) is 19.3 Å². The van der Waals surface area contributed by atoms with Gasteiger partial charge in [-0.25, -0.2) is 0 Å². The maximum Gasteiger partial charge on any atom is 0.430 e. The van der Waals surface area contributed by atoms with Crippen molar-refractivity contribution in [2.75, 3.05) is 34.5 Å². The van der Waals surface area contributed by atoms with Gasteiger partial charge in [-0.3, -0.25) is 4.57 Å². The van der Waals surface area contributed by atoms with Gasteiger partial charge in [0.15, 0.2) is 0 Å². The van der Waals surface area contributed by atoms with E-state index in [1.54, 1.807) is 7.11 Å². The molecule has 0 aromatic heterocycles. The topological polar surface area (TPSA) is 30.9 Å². The predicted molar refractivity (Wildman–Crippen MR) is 78.2 cm³/mol. The van der Waals surface area contributed by atoms with E-state index in [4.69, 9.17) is 13.6 Å². The van der Waals surface area contributed by atoms with Crippen molar-refractivity contribution in [3.63, 3.8) is 0 Å². The lowest BCUT2D eigenvalue weighted by Gasteiger charge is -2.44. The Bertz CT molecular complexity index is 267. The molecule has 0 aromatic rings. The Morgan fingerprint density at radius 2 is 1.63 bits per heavy atom. The third-order valence-electron chi connectivity index (χ3n) is 4.84. The molecule has 0 radical (unpaired) electrons. The summed E-state index contributed by atoms with van der Waals surface area (Å²) in [5.41, 5.74) is 0.619. The van der Waals surface area contributed by atoms with E-state index in [1.807, 2.05) is 14.2 Å². The zero-order chi connectivity index (χ0) is 13.7. The molecule has 1 saturated carbocycles. The molecule has 1 saturated heterocycles. The van der Waals surface area contributed by atoms with Crippen LogP contribution in [0.5, 0.6) is 0 Å². The lowest BCUT2D eigenvalue weighted by atomic mass is 10.0. The first kappa shape index (κ1) is 15.4. The second-order valence-electron chi connectivity index (χ2n) is 5.82. The highest BCUT2D eigenvalue weighted by Crippen LogP contribution is 2.41. The van der Waals surface area contributed by atoms with E-state index in [1.165, 1.54) is 44.9 Å². The third-order valence-corrected chi connectivity index (χ3v) is 9.01. The number of hydrogen-bond donors (Lipinski definition) is 0. The van der Waals surface area contributed by atoms with Crippen LogP contribution < -0.4 is 0 Å². The second kappa shape index (κ2) is 7.18. The monoisotopic (exact) mass is 287 g/mol. The summed E-state index contributed by atoms with van der Waals surface area (Å²) in [6.07, 6.45) is 9.01. The van der Waals surface area contributed by atoms with Crippen LogP contribution in [0.25, 0.3) is 0 Å². The minimum atomic E-state index is -2.26. The fourth-order valence-electron chi connectivity index (χ4n) is 3.96. The molecule has 1 aliphatic heterocycles. The first-order valence-electron chi connectivity index (χ1n) is 7.64. The molecule has 4 nitrogen and oxygen atoms in total. The highest BCUT2D eigenvalue weighted by atomic mass is 28.4. The van der Waals surface area contributed by atoms with E-state index < -0.39 is 8.72 Å². The fraction of sp³-hybridized carbons (Fsp3) is 1.00. The SMILES string of the molecule is COC[C@@H]1CCCN1[Si](OC)(OC)C1CCCCC1. The maximum atomic E-state index is 6.07. The Balaban J connectivity index is 2.16. The van der Waals surface area contributed by atoms with Crippen molar-refractivity contribution in [2.24, 2.45) is 0 Å². The molecule has 0 amide bonds. The average Bonchev–Trinajstić information content (AvgIpc) is 2.92. The molecule has 2 aliphatic rings. The van der Waals surface area contributed by atoms with E-state index in [0.717, 1.165) is 13.2 Å². The van der Waals surface area contributed by atoms with Gasteiger partial charge in [-0.2, -0.15) is 0 Å². The second-order valence-corrected chi connectivity index (χ2v) is 9.29. The Labute approximate surface area is 118 Å². The Kier molecular flexibility index (Phi) is 5.83. The van der Waals surface area contributed by atoms with E-state index in [-0.39, 0.29) is 0 Å². The van der Waals surface area contributed by atoms with Crippen LogP contribution in [0.4, 0.5) is 0 Å². The Morgan fingerprint density at radius 3 is 2.21 bits per heavy atom. The van der Waals surface area contributed by atoms with E-state index in [2.05, 4.69) is 4.57 Å². The summed E-state index contributed by atoms with van der Waals surface area (Å²) in [5, 5.41) is 0. The largest absolute Gasteiger partial charge is 0.430 e. The fourth-order valence-corrected chi connectivity index (χ4v) is 8.06. The van der Waals surface area contributed by atoms with Crippen molar-refractivity contribution in [3.05, 3.63) is 0 Å². The van der Waals surface area contributed by atoms with E-state index in [0.29, 0.717) is 11.6 Å². The normalized spacial score (nSPS) is 27.0. The molecule has 1 aliphatic carbocycles. The molecule has 2 fully saturated rings. The highest BCUT2D eigenvalue weighted by Gasteiger charge is 2.54. The van der Waals surface area contributed by atoms with Gasteiger partial charge >= 0.3 is 8.72 Å². The van der Waals surface area contributed by atoms with E-state index in [9.17, 15) is 0 Å². The van der Waals surface area contributed by atoms with Crippen LogP contribution in [-0.2, 0) is 13.6 Å². The molecule has 19 heavy (non-hydrogen) atoms. The molecule has 112 valence electrons. The van der Waals surface area contributed by atoms with Gasteiger partial charge in [0.25, 0.3) is 0 Å². The zero-order valence-electron chi connectivity index (χ0n) is 12.7. The molecular formula is C14H29NO3Si. The zero-order valence-corrected chi connectivity index (χ0v) is 13.7. The van der Waals surface area contributed by atoms with Crippen LogP contribution >= 0.6 is 0 Å². The number of hydrogen-bond acceptors (Lipinski definition) is 4. The van der Waals surface area contributed by atoms with Crippen LogP contribution in [0.2, 0.25) is 5.54 Å². The van der Waals surface area contributed by atoms with Crippen molar-refractivity contribution < 1.29 is 13.6 Å². The van der Waals surface area contributed by atoms with Gasteiger partial charge in [-0.15, -0.1) is 0 Å². The molecule has 0 aromatic carbocycles. The number of rotatable bonds is 6.